The van der Waals surface area contributed by atoms with Crippen molar-refractivity contribution in [2.24, 2.45) is 0 Å². The molecule has 0 aliphatic heterocycles. The lowest BCUT2D eigenvalue weighted by Crippen LogP contribution is -2.28. The van der Waals surface area contributed by atoms with Gasteiger partial charge in [-0.1, -0.05) is 96.1 Å². The maximum absolute atomic E-state index is 15.1. The third-order valence-corrected chi connectivity index (χ3v) is 9.93. The molecule has 0 aliphatic carbocycles. The molecule has 1 aromatic heterocycles. The van der Waals surface area contributed by atoms with E-state index in [0.29, 0.717) is 0 Å². The Kier molecular flexibility index (Phi) is 5.71. The van der Waals surface area contributed by atoms with E-state index < -0.39 is 7.14 Å². The Bertz CT molecular complexity index is 1510. The molecule has 5 aromatic rings. The van der Waals surface area contributed by atoms with Gasteiger partial charge in [-0.25, -0.2) is 0 Å². The minimum atomic E-state index is -3.06. The summed E-state index contributed by atoms with van der Waals surface area (Å²) >= 11 is 0. The highest BCUT2D eigenvalue weighted by atomic mass is 31.2. The molecule has 0 radical (unpaired) electrons. The van der Waals surface area contributed by atoms with Crippen LogP contribution in [0.25, 0.3) is 22.0 Å². The summed E-state index contributed by atoms with van der Waals surface area (Å²) < 4.78 is 15.1. The van der Waals surface area contributed by atoms with Gasteiger partial charge in [0.05, 0.1) is 5.69 Å². The summed E-state index contributed by atoms with van der Waals surface area (Å²) in [7, 11) is -3.06. The largest absolute Gasteiger partial charge is 0.309 e. The lowest BCUT2D eigenvalue weighted by molar-refractivity contribution is 0.592. The molecule has 0 bridgehead atoms. The molecule has 0 N–H and O–H groups in total. The highest BCUT2D eigenvalue weighted by molar-refractivity contribution is 7.85. The van der Waals surface area contributed by atoms with Crippen LogP contribution in [0.3, 0.4) is 0 Å². The number of aromatic nitrogens is 1. The first-order chi connectivity index (χ1) is 16.4. The van der Waals surface area contributed by atoms with Crippen molar-refractivity contribution in [3.63, 3.8) is 0 Å². The van der Waals surface area contributed by atoms with Crippen molar-refractivity contribution < 1.29 is 4.57 Å². The molecule has 0 atom stereocenters. The van der Waals surface area contributed by atoms with Gasteiger partial charge >= 0.3 is 0 Å². The molecule has 5 rings (SSSR count). The number of nitrogens with zero attached hydrogens (tertiary/aromatic N) is 1. The Morgan fingerprint density at radius 3 is 1.74 bits per heavy atom. The van der Waals surface area contributed by atoms with Gasteiger partial charge < -0.3 is 4.57 Å². The Morgan fingerprint density at radius 1 is 0.618 bits per heavy atom. The van der Waals surface area contributed by atoms with Crippen LogP contribution in [0.5, 0.6) is 0 Å². The fourth-order valence-corrected chi connectivity index (χ4v) is 7.89. The fraction of sp³-hybridized carbons (Fsp3) is 0.129. The quantitative estimate of drug-likeness (QED) is 0.276. The van der Waals surface area contributed by atoms with E-state index in [1.54, 1.807) is 0 Å². The third kappa shape index (κ3) is 3.89. The molecule has 0 unspecified atom stereocenters. The van der Waals surface area contributed by atoms with Crippen LogP contribution in [0, 0.1) is 27.7 Å². The zero-order valence-corrected chi connectivity index (χ0v) is 20.9. The molecule has 0 fully saturated rings. The molecule has 34 heavy (non-hydrogen) atoms. The summed E-state index contributed by atoms with van der Waals surface area (Å²) in [5.74, 6) is 0. The molecule has 0 amide bonds. The van der Waals surface area contributed by atoms with Crippen LogP contribution in [0.2, 0.25) is 0 Å². The summed E-state index contributed by atoms with van der Waals surface area (Å²) in [4.78, 5) is 4.66. The normalized spacial score (nSPS) is 11.6. The van der Waals surface area contributed by atoms with Crippen LogP contribution in [-0.2, 0) is 4.57 Å². The smallest absolute Gasteiger partial charge is 0.171 e. The molecule has 0 spiro atoms. The van der Waals surface area contributed by atoms with Gasteiger partial charge in [0, 0.05) is 33.1 Å². The van der Waals surface area contributed by atoms with E-state index in [0.717, 1.165) is 49.1 Å². The molecule has 2 nitrogen and oxygen atoms in total. The minimum Gasteiger partial charge on any atom is -0.309 e. The number of aryl methyl sites for hydroxylation is 4. The summed E-state index contributed by atoms with van der Waals surface area (Å²) in [5, 5.41) is 4.93. The lowest BCUT2D eigenvalue weighted by Gasteiger charge is -2.24. The zero-order valence-electron chi connectivity index (χ0n) is 20.0. The van der Waals surface area contributed by atoms with E-state index in [4.69, 9.17) is 0 Å². The van der Waals surface area contributed by atoms with Crippen molar-refractivity contribution in [1.29, 1.82) is 0 Å². The fourth-order valence-electron chi connectivity index (χ4n) is 4.81. The van der Waals surface area contributed by atoms with E-state index >= 15 is 4.57 Å². The SMILES string of the molecule is Cc1ccc(P(=O)(c2ccc(-c3cc4ccccc4cn3)cc2)c2ccc(C)cc2C)c(C)c1. The van der Waals surface area contributed by atoms with Gasteiger partial charge in [0.1, 0.15) is 0 Å². The van der Waals surface area contributed by atoms with Gasteiger partial charge in [-0.15, -0.1) is 0 Å². The Balaban J connectivity index is 1.66. The highest BCUT2D eigenvalue weighted by Crippen LogP contribution is 2.44. The predicted octanol–water partition coefficient (Wildman–Crippen LogP) is 6.77. The van der Waals surface area contributed by atoms with Crippen molar-refractivity contribution in [2.45, 2.75) is 27.7 Å². The van der Waals surface area contributed by atoms with E-state index in [2.05, 4.69) is 75.1 Å². The maximum atomic E-state index is 15.1. The number of hydrogen-bond donors (Lipinski definition) is 0. The lowest BCUT2D eigenvalue weighted by atomic mass is 10.1. The average Bonchev–Trinajstić information content (AvgIpc) is 2.83. The Labute approximate surface area is 201 Å². The van der Waals surface area contributed by atoms with Crippen molar-refractivity contribution in [3.05, 3.63) is 119 Å². The molecular weight excluding hydrogens is 433 g/mol. The molecule has 0 aliphatic rings. The molecule has 4 aromatic carbocycles. The summed E-state index contributed by atoms with van der Waals surface area (Å²) in [6.45, 7) is 8.27. The minimum absolute atomic E-state index is 0.843. The van der Waals surface area contributed by atoms with Crippen molar-refractivity contribution >= 4 is 33.8 Å². The second-order valence-corrected chi connectivity index (χ2v) is 11.9. The third-order valence-electron chi connectivity index (χ3n) is 6.54. The van der Waals surface area contributed by atoms with Crippen LogP contribution >= 0.6 is 7.14 Å². The van der Waals surface area contributed by atoms with Crippen LogP contribution in [0.15, 0.2) is 97.2 Å². The second kappa shape index (κ2) is 8.70. The monoisotopic (exact) mass is 461 g/mol. The molecule has 168 valence electrons. The molecular formula is C31H28NOP. The van der Waals surface area contributed by atoms with Crippen LogP contribution in [0.4, 0.5) is 0 Å². The highest BCUT2D eigenvalue weighted by Gasteiger charge is 2.32. The topological polar surface area (TPSA) is 30.0 Å². The number of hydrogen-bond acceptors (Lipinski definition) is 2. The maximum Gasteiger partial charge on any atom is 0.171 e. The van der Waals surface area contributed by atoms with E-state index in [1.165, 1.54) is 11.1 Å². The van der Waals surface area contributed by atoms with Crippen molar-refractivity contribution in [3.8, 4) is 11.3 Å². The average molecular weight is 462 g/mol. The number of fused-ring (bicyclic) bond motifs is 1. The first-order valence-corrected chi connectivity index (χ1v) is 13.3. The van der Waals surface area contributed by atoms with Gasteiger partial charge in [-0.05, 0) is 50.3 Å². The summed E-state index contributed by atoms with van der Waals surface area (Å²) in [5.41, 5.74) is 6.39. The van der Waals surface area contributed by atoms with Gasteiger partial charge in [0.15, 0.2) is 7.14 Å². The van der Waals surface area contributed by atoms with Gasteiger partial charge in [-0.2, -0.15) is 0 Å². The predicted molar refractivity (Wildman–Crippen MR) is 146 cm³/mol. The first-order valence-electron chi connectivity index (χ1n) is 11.6. The van der Waals surface area contributed by atoms with Gasteiger partial charge in [-0.3, -0.25) is 4.98 Å². The van der Waals surface area contributed by atoms with E-state index in [-0.39, 0.29) is 0 Å². The van der Waals surface area contributed by atoms with Crippen molar-refractivity contribution in [1.82, 2.24) is 4.98 Å². The van der Waals surface area contributed by atoms with Gasteiger partial charge in [0.2, 0.25) is 0 Å². The molecule has 1 heterocycles. The molecule has 0 saturated carbocycles. The number of rotatable bonds is 4. The molecule has 3 heteroatoms. The van der Waals surface area contributed by atoms with Crippen LogP contribution < -0.4 is 15.9 Å². The standard InChI is InChI=1S/C31H28NOP/c1-21-9-15-30(23(3)17-21)34(33,31-16-10-22(2)18-24(31)4)28-13-11-25(12-14-28)29-19-26-7-5-6-8-27(26)20-32-29/h5-20H,1-4H3. The molecule has 0 saturated heterocycles. The number of pyridine rings is 1. The van der Waals surface area contributed by atoms with Crippen molar-refractivity contribution in [2.75, 3.05) is 0 Å². The summed E-state index contributed by atoms with van der Waals surface area (Å²) in [6.07, 6.45) is 1.91. The second-order valence-electron chi connectivity index (χ2n) is 9.15. The Morgan fingerprint density at radius 2 is 1.18 bits per heavy atom. The number of benzene rings is 4. The van der Waals surface area contributed by atoms with E-state index in [9.17, 15) is 0 Å². The zero-order chi connectivity index (χ0) is 23.9. The first kappa shape index (κ1) is 22.3. The van der Waals surface area contributed by atoms with Gasteiger partial charge in [0.25, 0.3) is 0 Å². The Hall–Kier alpha value is -3.48. The summed E-state index contributed by atoms with van der Waals surface area (Å²) in [6, 6.07) is 30.9. The van der Waals surface area contributed by atoms with Crippen LogP contribution in [0.1, 0.15) is 22.3 Å². The van der Waals surface area contributed by atoms with E-state index in [1.807, 2.05) is 54.7 Å². The van der Waals surface area contributed by atoms with Crippen LogP contribution in [-0.4, -0.2) is 4.98 Å².